The fourth-order valence-electron chi connectivity index (χ4n) is 0.906. The molecule has 0 radical (unpaired) electrons. The summed E-state index contributed by atoms with van der Waals surface area (Å²) in [5, 5.41) is 0. The van der Waals surface area contributed by atoms with E-state index in [9.17, 15) is 0 Å². The van der Waals surface area contributed by atoms with E-state index in [1.807, 2.05) is 0 Å². The minimum Gasteiger partial charge on any atom is -0.477 e. The second-order valence-corrected chi connectivity index (χ2v) is 1.95. The third-order valence-electron chi connectivity index (χ3n) is 1.36. The lowest BCUT2D eigenvalue weighted by atomic mass is 10.3. The van der Waals surface area contributed by atoms with Crippen LogP contribution in [0.1, 0.15) is 5.56 Å². The SMILES string of the molecule is c1ncc2c(n1)OCC2. The Kier molecular flexibility index (Phi) is 0.886. The number of fused-ring (bicyclic) bond motifs is 1. The van der Waals surface area contributed by atoms with E-state index >= 15 is 0 Å². The summed E-state index contributed by atoms with van der Waals surface area (Å²) in [7, 11) is 0. The van der Waals surface area contributed by atoms with Crippen LogP contribution in [0.3, 0.4) is 0 Å². The van der Waals surface area contributed by atoms with Crippen LogP contribution in [-0.4, -0.2) is 16.6 Å². The van der Waals surface area contributed by atoms with Crippen molar-refractivity contribution in [3.05, 3.63) is 18.1 Å². The average molecular weight is 122 g/mol. The summed E-state index contributed by atoms with van der Waals surface area (Å²) in [5.41, 5.74) is 1.12. The summed E-state index contributed by atoms with van der Waals surface area (Å²) < 4.78 is 5.15. The Morgan fingerprint density at radius 1 is 1.56 bits per heavy atom. The van der Waals surface area contributed by atoms with Gasteiger partial charge < -0.3 is 4.74 Å². The van der Waals surface area contributed by atoms with Gasteiger partial charge in [-0.25, -0.2) is 9.97 Å². The molecule has 0 unspecified atom stereocenters. The molecule has 0 fully saturated rings. The lowest BCUT2D eigenvalue weighted by molar-refractivity contribution is 0.344. The van der Waals surface area contributed by atoms with Crippen LogP contribution in [0.15, 0.2) is 12.5 Å². The predicted molar refractivity (Wildman–Crippen MR) is 31.2 cm³/mol. The topological polar surface area (TPSA) is 35.0 Å². The molecule has 0 atom stereocenters. The number of rotatable bonds is 0. The predicted octanol–water partition coefficient (Wildman–Crippen LogP) is 0.411. The Morgan fingerprint density at radius 2 is 2.56 bits per heavy atom. The van der Waals surface area contributed by atoms with Crippen LogP contribution < -0.4 is 4.74 Å². The summed E-state index contributed by atoms with van der Waals surface area (Å²) in [6.45, 7) is 0.758. The number of hydrogen-bond acceptors (Lipinski definition) is 3. The maximum atomic E-state index is 5.15. The number of aromatic nitrogens is 2. The van der Waals surface area contributed by atoms with Gasteiger partial charge in [0.05, 0.1) is 6.61 Å². The molecular formula is C6H6N2O. The van der Waals surface area contributed by atoms with Gasteiger partial charge in [0.2, 0.25) is 5.88 Å². The molecular weight excluding hydrogens is 116 g/mol. The normalized spacial score (nSPS) is 14.7. The van der Waals surface area contributed by atoms with Crippen LogP contribution in [-0.2, 0) is 6.42 Å². The first kappa shape index (κ1) is 4.73. The van der Waals surface area contributed by atoms with Crippen LogP contribution in [0, 0.1) is 0 Å². The molecule has 2 heterocycles. The third-order valence-corrected chi connectivity index (χ3v) is 1.36. The molecule has 3 nitrogen and oxygen atoms in total. The molecule has 0 N–H and O–H groups in total. The van der Waals surface area contributed by atoms with Crippen LogP contribution >= 0.6 is 0 Å². The molecule has 9 heavy (non-hydrogen) atoms. The Bertz CT molecular complexity index is 201. The van der Waals surface area contributed by atoms with Crippen molar-refractivity contribution in [2.45, 2.75) is 6.42 Å². The van der Waals surface area contributed by atoms with E-state index in [4.69, 9.17) is 4.74 Å². The summed E-state index contributed by atoms with van der Waals surface area (Å²) in [6.07, 6.45) is 4.26. The fourth-order valence-corrected chi connectivity index (χ4v) is 0.906. The molecule has 0 saturated carbocycles. The Morgan fingerprint density at radius 3 is 3.44 bits per heavy atom. The van der Waals surface area contributed by atoms with Crippen molar-refractivity contribution in [2.75, 3.05) is 6.61 Å². The molecule has 0 saturated heterocycles. The molecule has 0 aliphatic carbocycles. The van der Waals surface area contributed by atoms with Gasteiger partial charge >= 0.3 is 0 Å². The Hall–Kier alpha value is -1.12. The smallest absolute Gasteiger partial charge is 0.219 e. The van der Waals surface area contributed by atoms with E-state index < -0.39 is 0 Å². The molecule has 1 aromatic heterocycles. The zero-order valence-electron chi connectivity index (χ0n) is 4.87. The molecule has 1 aromatic rings. The molecule has 1 aliphatic heterocycles. The molecule has 0 aromatic carbocycles. The molecule has 0 spiro atoms. The summed E-state index contributed by atoms with van der Waals surface area (Å²) in [6, 6.07) is 0. The maximum absolute atomic E-state index is 5.15. The van der Waals surface area contributed by atoms with Gasteiger partial charge in [-0.2, -0.15) is 0 Å². The second-order valence-electron chi connectivity index (χ2n) is 1.95. The van der Waals surface area contributed by atoms with Crippen molar-refractivity contribution in [3.63, 3.8) is 0 Å². The van der Waals surface area contributed by atoms with E-state index in [1.165, 1.54) is 6.33 Å². The zero-order valence-corrected chi connectivity index (χ0v) is 4.87. The fraction of sp³-hybridized carbons (Fsp3) is 0.333. The van der Waals surface area contributed by atoms with Crippen molar-refractivity contribution >= 4 is 0 Å². The van der Waals surface area contributed by atoms with Gasteiger partial charge in [-0.05, 0) is 0 Å². The first-order chi connectivity index (χ1) is 4.47. The lowest BCUT2D eigenvalue weighted by Gasteiger charge is -1.91. The highest BCUT2D eigenvalue weighted by Crippen LogP contribution is 2.18. The standard InChI is InChI=1S/C6H6N2O/c1-2-9-6-5(1)3-7-4-8-6/h3-4H,1-2H2. The number of ether oxygens (including phenoxy) is 1. The largest absolute Gasteiger partial charge is 0.477 e. The highest BCUT2D eigenvalue weighted by molar-refractivity contribution is 5.25. The summed E-state index contributed by atoms with van der Waals surface area (Å²) >= 11 is 0. The number of hydrogen-bond donors (Lipinski definition) is 0. The summed E-state index contributed by atoms with van der Waals surface area (Å²) in [5.74, 6) is 0.755. The van der Waals surface area contributed by atoms with Crippen LogP contribution in [0.2, 0.25) is 0 Å². The first-order valence-corrected chi connectivity index (χ1v) is 2.88. The van der Waals surface area contributed by atoms with Gasteiger partial charge in [0.15, 0.2) is 0 Å². The van der Waals surface area contributed by atoms with E-state index in [0.29, 0.717) is 0 Å². The molecule has 0 amide bonds. The van der Waals surface area contributed by atoms with Crippen molar-refractivity contribution in [1.29, 1.82) is 0 Å². The highest BCUT2D eigenvalue weighted by Gasteiger charge is 2.11. The Labute approximate surface area is 52.7 Å². The van der Waals surface area contributed by atoms with Crippen molar-refractivity contribution in [2.24, 2.45) is 0 Å². The monoisotopic (exact) mass is 122 g/mol. The lowest BCUT2D eigenvalue weighted by Crippen LogP contribution is -1.87. The van der Waals surface area contributed by atoms with E-state index in [-0.39, 0.29) is 0 Å². The van der Waals surface area contributed by atoms with Gasteiger partial charge in [0, 0.05) is 18.2 Å². The van der Waals surface area contributed by atoms with E-state index in [2.05, 4.69) is 9.97 Å². The highest BCUT2D eigenvalue weighted by atomic mass is 16.5. The molecule has 1 aliphatic rings. The van der Waals surface area contributed by atoms with Crippen molar-refractivity contribution < 1.29 is 4.74 Å². The van der Waals surface area contributed by atoms with Crippen molar-refractivity contribution in [1.82, 2.24) is 9.97 Å². The maximum Gasteiger partial charge on any atom is 0.219 e. The zero-order chi connectivity index (χ0) is 6.10. The number of nitrogens with zero attached hydrogens (tertiary/aromatic N) is 2. The third kappa shape index (κ3) is 0.650. The van der Waals surface area contributed by atoms with Gasteiger partial charge in [-0.15, -0.1) is 0 Å². The van der Waals surface area contributed by atoms with Gasteiger partial charge in [0.1, 0.15) is 6.33 Å². The van der Waals surface area contributed by atoms with Crippen LogP contribution in [0.5, 0.6) is 5.88 Å². The Balaban J connectivity index is 2.54. The second kappa shape index (κ2) is 1.69. The minimum atomic E-state index is 0.755. The quantitative estimate of drug-likeness (QED) is 0.500. The van der Waals surface area contributed by atoms with E-state index in [1.54, 1.807) is 6.20 Å². The van der Waals surface area contributed by atoms with Gasteiger partial charge in [-0.3, -0.25) is 0 Å². The molecule has 0 bridgehead atoms. The van der Waals surface area contributed by atoms with E-state index in [0.717, 1.165) is 24.5 Å². The van der Waals surface area contributed by atoms with Crippen LogP contribution in [0.4, 0.5) is 0 Å². The molecule has 2 rings (SSSR count). The van der Waals surface area contributed by atoms with Crippen molar-refractivity contribution in [3.8, 4) is 5.88 Å². The van der Waals surface area contributed by atoms with Gasteiger partial charge in [-0.1, -0.05) is 0 Å². The molecule has 3 heteroatoms. The summed E-state index contributed by atoms with van der Waals surface area (Å²) in [4.78, 5) is 7.79. The van der Waals surface area contributed by atoms with Crippen LogP contribution in [0.25, 0.3) is 0 Å². The first-order valence-electron chi connectivity index (χ1n) is 2.88. The molecule has 46 valence electrons. The van der Waals surface area contributed by atoms with Gasteiger partial charge in [0.25, 0.3) is 0 Å². The minimum absolute atomic E-state index is 0.755. The average Bonchev–Trinajstić information content (AvgIpc) is 2.33.